The summed E-state index contributed by atoms with van der Waals surface area (Å²) in [5.74, 6) is 1.31. The summed E-state index contributed by atoms with van der Waals surface area (Å²) < 4.78 is 5.20. The van der Waals surface area contributed by atoms with Crippen LogP contribution in [0.4, 0.5) is 0 Å². The molecule has 18 heavy (non-hydrogen) atoms. The van der Waals surface area contributed by atoms with E-state index in [0.29, 0.717) is 30.7 Å². The summed E-state index contributed by atoms with van der Waals surface area (Å²) in [5, 5.41) is 7.90. The van der Waals surface area contributed by atoms with Gasteiger partial charge in [0.1, 0.15) is 0 Å². The number of hydrogen-bond acceptors (Lipinski definition) is 4. The van der Waals surface area contributed by atoms with Crippen molar-refractivity contribution in [2.75, 3.05) is 0 Å². The highest BCUT2D eigenvalue weighted by Crippen LogP contribution is 2.12. The predicted octanol–water partition coefficient (Wildman–Crippen LogP) is 2.81. The summed E-state index contributed by atoms with van der Waals surface area (Å²) in [7, 11) is 0. The van der Waals surface area contributed by atoms with Crippen LogP contribution < -0.4 is 5.32 Å². The van der Waals surface area contributed by atoms with Crippen LogP contribution in [-0.4, -0.2) is 16.2 Å². The first-order chi connectivity index (χ1) is 8.63. The normalized spacial score (nSPS) is 11.1. The Bertz CT molecular complexity index is 493. The van der Waals surface area contributed by atoms with Crippen LogP contribution in [0.5, 0.6) is 0 Å². The van der Waals surface area contributed by atoms with Crippen molar-refractivity contribution in [1.82, 2.24) is 15.5 Å². The number of rotatable bonds is 5. The van der Waals surface area contributed by atoms with Crippen LogP contribution >= 0.6 is 11.6 Å². The van der Waals surface area contributed by atoms with Crippen molar-refractivity contribution in [1.29, 1.82) is 0 Å². The van der Waals surface area contributed by atoms with Gasteiger partial charge in [-0.15, -0.1) is 0 Å². The maximum atomic E-state index is 5.83. The molecule has 0 unspecified atom stereocenters. The molecule has 1 heterocycles. The minimum Gasteiger partial charge on any atom is -0.339 e. The van der Waals surface area contributed by atoms with Gasteiger partial charge >= 0.3 is 0 Å². The van der Waals surface area contributed by atoms with E-state index in [4.69, 9.17) is 16.1 Å². The second-order valence-electron chi connectivity index (χ2n) is 4.44. The van der Waals surface area contributed by atoms with Crippen molar-refractivity contribution in [3.8, 4) is 0 Å². The Morgan fingerprint density at radius 2 is 2.00 bits per heavy atom. The molecule has 0 amide bonds. The maximum absolute atomic E-state index is 5.83. The second-order valence-corrected chi connectivity index (χ2v) is 4.88. The van der Waals surface area contributed by atoms with Crippen LogP contribution in [-0.2, 0) is 13.0 Å². The van der Waals surface area contributed by atoms with Gasteiger partial charge in [-0.25, -0.2) is 0 Å². The van der Waals surface area contributed by atoms with Crippen LogP contribution in [0.1, 0.15) is 31.1 Å². The lowest BCUT2D eigenvalue weighted by molar-refractivity contribution is 0.376. The first-order valence-corrected chi connectivity index (χ1v) is 6.30. The predicted molar refractivity (Wildman–Crippen MR) is 70.5 cm³/mol. The first kappa shape index (κ1) is 13.1. The topological polar surface area (TPSA) is 51.0 Å². The molecule has 0 bridgehead atoms. The third-order valence-corrected chi connectivity index (χ3v) is 2.70. The number of aromatic nitrogens is 2. The van der Waals surface area contributed by atoms with Crippen LogP contribution in [0.25, 0.3) is 0 Å². The van der Waals surface area contributed by atoms with Crippen molar-refractivity contribution in [2.45, 2.75) is 32.9 Å². The number of nitrogens with zero attached hydrogens (tertiary/aromatic N) is 2. The van der Waals surface area contributed by atoms with E-state index in [2.05, 4.69) is 29.3 Å². The molecule has 0 saturated heterocycles. The fourth-order valence-corrected chi connectivity index (χ4v) is 1.63. The zero-order valence-corrected chi connectivity index (χ0v) is 11.2. The van der Waals surface area contributed by atoms with Crippen molar-refractivity contribution in [3.05, 3.63) is 46.6 Å². The van der Waals surface area contributed by atoms with E-state index >= 15 is 0 Å². The molecule has 0 saturated carbocycles. The zero-order valence-electron chi connectivity index (χ0n) is 10.5. The third-order valence-electron chi connectivity index (χ3n) is 2.45. The Morgan fingerprint density at radius 1 is 1.28 bits per heavy atom. The van der Waals surface area contributed by atoms with Crippen molar-refractivity contribution < 1.29 is 4.52 Å². The summed E-state index contributed by atoms with van der Waals surface area (Å²) in [4.78, 5) is 4.33. The van der Waals surface area contributed by atoms with Gasteiger partial charge in [-0.1, -0.05) is 42.7 Å². The Balaban J connectivity index is 1.95. The molecule has 5 heteroatoms. The van der Waals surface area contributed by atoms with Gasteiger partial charge in [0.05, 0.1) is 13.0 Å². The van der Waals surface area contributed by atoms with Gasteiger partial charge in [0.15, 0.2) is 5.82 Å². The van der Waals surface area contributed by atoms with Gasteiger partial charge in [-0.2, -0.15) is 4.98 Å². The Hall–Kier alpha value is -1.39. The van der Waals surface area contributed by atoms with Crippen molar-refractivity contribution >= 4 is 11.6 Å². The summed E-state index contributed by atoms with van der Waals surface area (Å²) in [6.45, 7) is 4.78. The number of hydrogen-bond donors (Lipinski definition) is 1. The lowest BCUT2D eigenvalue weighted by atomic mass is 10.1. The Morgan fingerprint density at radius 3 is 2.67 bits per heavy atom. The summed E-state index contributed by atoms with van der Waals surface area (Å²) in [6, 6.07) is 8.03. The van der Waals surface area contributed by atoms with Gasteiger partial charge in [-0.05, 0) is 17.7 Å². The molecule has 2 rings (SSSR count). The second kappa shape index (κ2) is 5.98. The molecular formula is C13H16ClN3O. The molecule has 2 aromatic rings. The van der Waals surface area contributed by atoms with E-state index in [1.54, 1.807) is 0 Å². The van der Waals surface area contributed by atoms with E-state index in [1.807, 2.05) is 24.3 Å². The van der Waals surface area contributed by atoms with Crippen molar-refractivity contribution in [3.63, 3.8) is 0 Å². The molecule has 0 spiro atoms. The van der Waals surface area contributed by atoms with E-state index in [-0.39, 0.29) is 0 Å². The van der Waals surface area contributed by atoms with Crippen LogP contribution in [0.15, 0.2) is 28.8 Å². The summed E-state index contributed by atoms with van der Waals surface area (Å²) >= 11 is 5.83. The monoisotopic (exact) mass is 265 g/mol. The molecule has 4 nitrogen and oxygen atoms in total. The van der Waals surface area contributed by atoms with Gasteiger partial charge < -0.3 is 9.84 Å². The molecular weight excluding hydrogens is 250 g/mol. The van der Waals surface area contributed by atoms with Gasteiger partial charge in [0, 0.05) is 11.1 Å². The third kappa shape index (κ3) is 3.82. The summed E-state index contributed by atoms with van der Waals surface area (Å²) in [5.41, 5.74) is 1.10. The molecule has 1 aromatic heterocycles. The number of nitrogens with one attached hydrogen (secondary N) is 1. The van der Waals surface area contributed by atoms with Crippen LogP contribution in [0.2, 0.25) is 5.02 Å². The molecule has 96 valence electrons. The van der Waals surface area contributed by atoms with E-state index in [9.17, 15) is 0 Å². The zero-order chi connectivity index (χ0) is 13.0. The quantitative estimate of drug-likeness (QED) is 0.903. The smallest absolute Gasteiger partial charge is 0.231 e. The first-order valence-electron chi connectivity index (χ1n) is 5.93. The molecule has 0 aliphatic heterocycles. The highest BCUT2D eigenvalue weighted by atomic mass is 35.5. The maximum Gasteiger partial charge on any atom is 0.231 e. The fraction of sp³-hybridized carbons (Fsp3) is 0.385. The van der Waals surface area contributed by atoms with Gasteiger partial charge in [-0.3, -0.25) is 0 Å². The molecule has 0 fully saturated rings. The average Bonchev–Trinajstić information content (AvgIpc) is 2.77. The molecule has 1 aromatic carbocycles. The minimum atomic E-state index is 0.406. The Kier molecular flexibility index (Phi) is 4.33. The lowest BCUT2D eigenvalue weighted by Gasteiger charge is -2.03. The largest absolute Gasteiger partial charge is 0.339 e. The minimum absolute atomic E-state index is 0.406. The lowest BCUT2D eigenvalue weighted by Crippen LogP contribution is -2.22. The summed E-state index contributed by atoms with van der Waals surface area (Å²) in [6.07, 6.45) is 0.631. The highest BCUT2D eigenvalue weighted by molar-refractivity contribution is 6.30. The van der Waals surface area contributed by atoms with Crippen LogP contribution in [0.3, 0.4) is 0 Å². The molecule has 1 N–H and O–H groups in total. The van der Waals surface area contributed by atoms with E-state index in [1.165, 1.54) is 0 Å². The van der Waals surface area contributed by atoms with E-state index in [0.717, 1.165) is 10.6 Å². The van der Waals surface area contributed by atoms with Crippen molar-refractivity contribution in [2.24, 2.45) is 0 Å². The van der Waals surface area contributed by atoms with Gasteiger partial charge in [0.2, 0.25) is 5.89 Å². The highest BCUT2D eigenvalue weighted by Gasteiger charge is 2.07. The molecule has 0 atom stereocenters. The molecule has 0 radical (unpaired) electrons. The Labute approximate surface area is 111 Å². The van der Waals surface area contributed by atoms with Gasteiger partial charge in [0.25, 0.3) is 0 Å². The fourth-order valence-electron chi connectivity index (χ4n) is 1.51. The van der Waals surface area contributed by atoms with E-state index < -0.39 is 0 Å². The average molecular weight is 266 g/mol. The molecule has 0 aliphatic rings. The standard InChI is InChI=1S/C13H16ClN3O/c1-9(2)15-8-12-16-13(18-17-12)7-10-3-5-11(14)6-4-10/h3-6,9,15H,7-8H2,1-2H3. The number of halogens is 1. The SMILES string of the molecule is CC(C)NCc1noc(Cc2ccc(Cl)cc2)n1. The van der Waals surface area contributed by atoms with Crippen LogP contribution in [0, 0.1) is 0 Å². The number of benzene rings is 1. The molecule has 0 aliphatic carbocycles.